The van der Waals surface area contributed by atoms with Crippen molar-refractivity contribution in [3.8, 4) is 0 Å². The van der Waals surface area contributed by atoms with Gasteiger partial charge in [0.15, 0.2) is 0 Å². The third-order valence-electron chi connectivity index (χ3n) is 2.97. The predicted octanol–water partition coefficient (Wildman–Crippen LogP) is 3.10. The first-order valence-corrected chi connectivity index (χ1v) is 5.75. The van der Waals surface area contributed by atoms with E-state index in [1.807, 2.05) is 18.2 Å². The molecule has 0 aliphatic carbocycles. The molecule has 0 saturated carbocycles. The van der Waals surface area contributed by atoms with Crippen LogP contribution in [-0.4, -0.2) is 9.55 Å². The molecule has 0 radical (unpaired) electrons. The number of benzene rings is 1. The lowest BCUT2D eigenvalue weighted by Crippen LogP contribution is -2.15. The Kier molecular flexibility index (Phi) is 2.06. The van der Waals surface area contributed by atoms with Crippen molar-refractivity contribution >= 4 is 23.1 Å². The molecule has 76 valence electrons. The summed E-state index contributed by atoms with van der Waals surface area (Å²) in [4.78, 5) is 4.67. The van der Waals surface area contributed by atoms with Gasteiger partial charge in [-0.3, -0.25) is 0 Å². The summed E-state index contributed by atoms with van der Waals surface area (Å²) in [6, 6.07) is 8.15. The number of para-hydroxylation sites is 1. The highest BCUT2D eigenvalue weighted by atomic mass is 32.1. The van der Waals surface area contributed by atoms with Crippen molar-refractivity contribution in [2.45, 2.75) is 25.8 Å². The van der Waals surface area contributed by atoms with Gasteiger partial charge in [-0.2, -0.15) is 0 Å². The first-order valence-electron chi connectivity index (χ1n) is 5.35. The van der Waals surface area contributed by atoms with E-state index < -0.39 is 0 Å². The lowest BCUT2D eigenvalue weighted by molar-refractivity contribution is 0.507. The van der Waals surface area contributed by atoms with E-state index in [2.05, 4.69) is 15.6 Å². The number of fused-ring (bicyclic) bond motifs is 2. The quantitative estimate of drug-likeness (QED) is 0.630. The van der Waals surface area contributed by atoms with Gasteiger partial charge in [-0.15, -0.1) is 0 Å². The van der Waals surface area contributed by atoms with Gasteiger partial charge in [0.1, 0.15) is 10.5 Å². The maximum atomic E-state index is 5.50. The van der Waals surface area contributed by atoms with E-state index in [1.165, 1.54) is 12.8 Å². The number of rotatable bonds is 0. The largest absolute Gasteiger partial charge is 0.320 e. The standard InChI is InChI=1S/C12H12N2S/c15-12-9-5-1-2-6-10(9)13-11-7-3-4-8-14(11)12/h1-2,5-6H,3-4,7-8H2. The molecule has 1 aromatic heterocycles. The molecule has 1 aliphatic heterocycles. The lowest BCUT2D eigenvalue weighted by Gasteiger charge is -2.18. The Morgan fingerprint density at radius 3 is 3.00 bits per heavy atom. The monoisotopic (exact) mass is 216 g/mol. The summed E-state index contributed by atoms with van der Waals surface area (Å²) in [6.07, 6.45) is 3.52. The minimum atomic E-state index is 0.954. The fourth-order valence-corrected chi connectivity index (χ4v) is 2.56. The molecule has 3 heteroatoms. The van der Waals surface area contributed by atoms with Crippen molar-refractivity contribution in [3.63, 3.8) is 0 Å². The molecule has 0 fully saturated rings. The van der Waals surface area contributed by atoms with Crippen molar-refractivity contribution in [3.05, 3.63) is 34.7 Å². The van der Waals surface area contributed by atoms with Crippen molar-refractivity contribution in [1.82, 2.24) is 9.55 Å². The number of aryl methyl sites for hydroxylation is 1. The van der Waals surface area contributed by atoms with E-state index in [0.29, 0.717) is 0 Å². The SMILES string of the molecule is S=c1c2ccccc2nc2n1CCCC2. The van der Waals surface area contributed by atoms with Crippen LogP contribution in [0, 0.1) is 4.64 Å². The highest BCUT2D eigenvalue weighted by Gasteiger charge is 2.11. The van der Waals surface area contributed by atoms with Crippen LogP contribution in [0.1, 0.15) is 18.7 Å². The molecule has 2 aromatic rings. The molecule has 1 aliphatic rings. The molecule has 1 aromatic carbocycles. The molecule has 0 saturated heterocycles. The van der Waals surface area contributed by atoms with Crippen LogP contribution in [-0.2, 0) is 13.0 Å². The summed E-state index contributed by atoms with van der Waals surface area (Å²) in [5.41, 5.74) is 1.04. The molecule has 0 N–H and O–H groups in total. The highest BCUT2D eigenvalue weighted by Crippen LogP contribution is 2.19. The fraction of sp³-hybridized carbons (Fsp3) is 0.333. The first-order chi connectivity index (χ1) is 7.36. The Labute approximate surface area is 93.6 Å². The second kappa shape index (κ2) is 3.42. The van der Waals surface area contributed by atoms with E-state index >= 15 is 0 Å². The molecule has 0 spiro atoms. The Hall–Kier alpha value is -1.22. The number of aromatic nitrogens is 2. The molecule has 3 rings (SSSR count). The zero-order valence-corrected chi connectivity index (χ0v) is 9.26. The van der Waals surface area contributed by atoms with Crippen LogP contribution in [0.3, 0.4) is 0 Å². The summed E-state index contributed by atoms with van der Waals surface area (Å²) < 4.78 is 3.15. The number of nitrogens with zero attached hydrogens (tertiary/aromatic N) is 2. The van der Waals surface area contributed by atoms with E-state index in [9.17, 15) is 0 Å². The summed E-state index contributed by atoms with van der Waals surface area (Å²) in [5.74, 6) is 1.16. The molecule has 0 unspecified atom stereocenters. The van der Waals surface area contributed by atoms with Gasteiger partial charge in [-0.1, -0.05) is 24.4 Å². The first kappa shape index (κ1) is 9.04. The smallest absolute Gasteiger partial charge is 0.116 e. The average Bonchev–Trinajstić information content (AvgIpc) is 2.30. The predicted molar refractivity (Wildman–Crippen MR) is 63.5 cm³/mol. The van der Waals surface area contributed by atoms with Gasteiger partial charge in [0.2, 0.25) is 0 Å². The van der Waals surface area contributed by atoms with Crippen LogP contribution in [0.4, 0.5) is 0 Å². The summed E-state index contributed by atoms with van der Waals surface area (Å²) >= 11 is 5.50. The van der Waals surface area contributed by atoms with Crippen LogP contribution in [0.2, 0.25) is 0 Å². The topological polar surface area (TPSA) is 17.8 Å². The number of hydrogen-bond donors (Lipinski definition) is 0. The maximum Gasteiger partial charge on any atom is 0.116 e. The Balaban J connectivity index is 2.41. The Morgan fingerprint density at radius 2 is 2.07 bits per heavy atom. The van der Waals surface area contributed by atoms with Gasteiger partial charge in [-0.05, 0) is 25.0 Å². The zero-order valence-electron chi connectivity index (χ0n) is 8.44. The third kappa shape index (κ3) is 1.38. The summed E-state index contributed by atoms with van der Waals surface area (Å²) in [7, 11) is 0. The second-order valence-corrected chi connectivity index (χ2v) is 4.35. The normalized spacial score (nSPS) is 15.2. The Morgan fingerprint density at radius 1 is 1.20 bits per heavy atom. The van der Waals surface area contributed by atoms with E-state index in [-0.39, 0.29) is 0 Å². The van der Waals surface area contributed by atoms with Crippen LogP contribution in [0.15, 0.2) is 24.3 Å². The minimum absolute atomic E-state index is 0.954. The van der Waals surface area contributed by atoms with Crippen LogP contribution in [0.5, 0.6) is 0 Å². The maximum absolute atomic E-state index is 5.50. The van der Waals surface area contributed by atoms with Crippen LogP contribution < -0.4 is 0 Å². The minimum Gasteiger partial charge on any atom is -0.320 e. The molecular weight excluding hydrogens is 204 g/mol. The molecule has 0 bridgehead atoms. The summed E-state index contributed by atoms with van der Waals surface area (Å²) in [6.45, 7) is 1.03. The van der Waals surface area contributed by atoms with Crippen molar-refractivity contribution < 1.29 is 0 Å². The van der Waals surface area contributed by atoms with Gasteiger partial charge < -0.3 is 4.57 Å². The van der Waals surface area contributed by atoms with Gasteiger partial charge >= 0.3 is 0 Å². The molecule has 2 heterocycles. The molecule has 15 heavy (non-hydrogen) atoms. The van der Waals surface area contributed by atoms with Crippen molar-refractivity contribution in [2.24, 2.45) is 0 Å². The summed E-state index contributed by atoms with van der Waals surface area (Å²) in [5, 5.41) is 1.11. The average molecular weight is 216 g/mol. The van der Waals surface area contributed by atoms with Gasteiger partial charge in [0.25, 0.3) is 0 Å². The zero-order chi connectivity index (χ0) is 10.3. The van der Waals surface area contributed by atoms with Crippen LogP contribution >= 0.6 is 12.2 Å². The molecule has 0 atom stereocenters. The van der Waals surface area contributed by atoms with E-state index in [1.54, 1.807) is 0 Å². The van der Waals surface area contributed by atoms with E-state index in [0.717, 1.165) is 34.3 Å². The van der Waals surface area contributed by atoms with Crippen LogP contribution in [0.25, 0.3) is 10.9 Å². The van der Waals surface area contributed by atoms with Crippen molar-refractivity contribution in [1.29, 1.82) is 0 Å². The fourth-order valence-electron chi connectivity index (χ4n) is 2.19. The van der Waals surface area contributed by atoms with Gasteiger partial charge in [0.05, 0.1) is 5.52 Å². The third-order valence-corrected chi connectivity index (χ3v) is 3.41. The van der Waals surface area contributed by atoms with Crippen molar-refractivity contribution in [2.75, 3.05) is 0 Å². The lowest BCUT2D eigenvalue weighted by atomic mass is 10.1. The van der Waals surface area contributed by atoms with Gasteiger partial charge in [0, 0.05) is 18.4 Å². The van der Waals surface area contributed by atoms with Gasteiger partial charge in [-0.25, -0.2) is 4.98 Å². The van der Waals surface area contributed by atoms with E-state index in [4.69, 9.17) is 12.2 Å². The second-order valence-electron chi connectivity index (χ2n) is 3.96. The highest BCUT2D eigenvalue weighted by molar-refractivity contribution is 7.71. The number of hydrogen-bond acceptors (Lipinski definition) is 2. The molecule has 0 amide bonds. The molecular formula is C12H12N2S. The Bertz CT molecular complexity index is 571. The molecule has 2 nitrogen and oxygen atoms in total.